The van der Waals surface area contributed by atoms with E-state index in [9.17, 15) is 8.78 Å². The standard InChI is InChI=1S/C37H52F2O/c1-3-5-7-10-28-13-15-29(16-14-28)11-8-9-12-30-17-19-31(20-18-30)32-21-23-33(24-22-32)34-25-26-35(37(39)36(34)38)40-27-6-4-2/h9,12-16,25-26,30-33H,3-8,10-11,17-24,27H2,1-2H3. The van der Waals surface area contributed by atoms with Crippen LogP contribution in [0.5, 0.6) is 5.75 Å². The number of allylic oxidation sites excluding steroid dienone is 2. The molecule has 1 nitrogen and oxygen atoms in total. The second kappa shape index (κ2) is 16.3. The van der Waals surface area contributed by atoms with E-state index in [1.54, 1.807) is 12.1 Å². The van der Waals surface area contributed by atoms with Crippen LogP contribution < -0.4 is 4.74 Å². The summed E-state index contributed by atoms with van der Waals surface area (Å²) in [5, 5.41) is 0. The number of halogens is 2. The summed E-state index contributed by atoms with van der Waals surface area (Å²) >= 11 is 0. The van der Waals surface area contributed by atoms with Crippen molar-refractivity contribution in [3.05, 3.63) is 76.9 Å². The van der Waals surface area contributed by atoms with E-state index in [4.69, 9.17) is 4.74 Å². The molecule has 0 aromatic heterocycles. The van der Waals surface area contributed by atoms with Crippen molar-refractivity contribution >= 4 is 0 Å². The fourth-order valence-electron chi connectivity index (χ4n) is 7.00. The third-order valence-corrected chi connectivity index (χ3v) is 9.63. The molecule has 0 amide bonds. The maximum absolute atomic E-state index is 14.9. The highest BCUT2D eigenvalue weighted by molar-refractivity contribution is 5.33. The lowest BCUT2D eigenvalue weighted by Gasteiger charge is -2.37. The van der Waals surface area contributed by atoms with Gasteiger partial charge in [-0.25, -0.2) is 4.39 Å². The molecule has 0 atom stereocenters. The van der Waals surface area contributed by atoms with E-state index >= 15 is 0 Å². The van der Waals surface area contributed by atoms with Gasteiger partial charge in [0.2, 0.25) is 5.82 Å². The molecule has 0 saturated heterocycles. The van der Waals surface area contributed by atoms with Gasteiger partial charge in [0.25, 0.3) is 0 Å². The van der Waals surface area contributed by atoms with Gasteiger partial charge in [0, 0.05) is 0 Å². The fraction of sp³-hybridized carbons (Fsp3) is 0.622. The molecule has 2 aromatic rings. The Kier molecular flexibility index (Phi) is 12.6. The first-order valence-corrected chi connectivity index (χ1v) is 16.4. The Balaban J connectivity index is 1.15. The van der Waals surface area contributed by atoms with Crippen molar-refractivity contribution in [2.24, 2.45) is 17.8 Å². The van der Waals surface area contributed by atoms with Gasteiger partial charge in [0.1, 0.15) is 0 Å². The predicted octanol–water partition coefficient (Wildman–Crippen LogP) is 11.1. The van der Waals surface area contributed by atoms with E-state index in [2.05, 4.69) is 50.3 Å². The zero-order valence-electron chi connectivity index (χ0n) is 25.1. The molecule has 0 aliphatic heterocycles. The molecular formula is C37H52F2O. The van der Waals surface area contributed by atoms with Crippen LogP contribution in [-0.4, -0.2) is 6.61 Å². The van der Waals surface area contributed by atoms with Crippen LogP contribution in [0.4, 0.5) is 8.78 Å². The molecule has 40 heavy (non-hydrogen) atoms. The summed E-state index contributed by atoms with van der Waals surface area (Å²) in [6.45, 7) is 4.75. The first-order valence-electron chi connectivity index (χ1n) is 16.4. The van der Waals surface area contributed by atoms with E-state index in [1.807, 2.05) is 0 Å². The maximum Gasteiger partial charge on any atom is 0.200 e. The highest BCUT2D eigenvalue weighted by Gasteiger charge is 2.32. The van der Waals surface area contributed by atoms with Crippen molar-refractivity contribution in [2.75, 3.05) is 6.61 Å². The fourth-order valence-corrected chi connectivity index (χ4v) is 7.00. The van der Waals surface area contributed by atoms with E-state index in [0.717, 1.165) is 69.1 Å². The number of ether oxygens (including phenoxy) is 1. The van der Waals surface area contributed by atoms with Gasteiger partial charge in [-0.1, -0.05) is 75.6 Å². The molecule has 2 fully saturated rings. The van der Waals surface area contributed by atoms with Crippen molar-refractivity contribution < 1.29 is 13.5 Å². The molecule has 2 aliphatic rings. The van der Waals surface area contributed by atoms with Crippen LogP contribution >= 0.6 is 0 Å². The molecule has 0 spiro atoms. The Morgan fingerprint density at radius 3 is 1.98 bits per heavy atom. The van der Waals surface area contributed by atoms with E-state index in [-0.39, 0.29) is 11.7 Å². The van der Waals surface area contributed by atoms with Crippen LogP contribution in [0.15, 0.2) is 48.6 Å². The number of benzene rings is 2. The normalized spacial score (nSPS) is 23.5. The van der Waals surface area contributed by atoms with Crippen molar-refractivity contribution in [1.82, 2.24) is 0 Å². The van der Waals surface area contributed by atoms with Gasteiger partial charge < -0.3 is 4.74 Å². The Hall–Kier alpha value is -2.16. The van der Waals surface area contributed by atoms with Crippen LogP contribution in [0.3, 0.4) is 0 Å². The van der Waals surface area contributed by atoms with Crippen LogP contribution in [-0.2, 0) is 12.8 Å². The lowest BCUT2D eigenvalue weighted by molar-refractivity contribution is 0.170. The number of hydrogen-bond acceptors (Lipinski definition) is 1. The average Bonchev–Trinajstić information content (AvgIpc) is 2.99. The Bertz CT molecular complexity index is 1030. The van der Waals surface area contributed by atoms with Gasteiger partial charge in [-0.15, -0.1) is 0 Å². The van der Waals surface area contributed by atoms with Crippen molar-refractivity contribution in [3.8, 4) is 5.75 Å². The highest BCUT2D eigenvalue weighted by Crippen LogP contribution is 2.45. The molecule has 0 N–H and O–H groups in total. The quantitative estimate of drug-likeness (QED) is 0.168. The molecule has 2 aromatic carbocycles. The second-order valence-electron chi connectivity index (χ2n) is 12.5. The summed E-state index contributed by atoms with van der Waals surface area (Å²) in [5.41, 5.74) is 3.47. The zero-order chi connectivity index (χ0) is 28.2. The van der Waals surface area contributed by atoms with Gasteiger partial charge in [0.15, 0.2) is 11.6 Å². The lowest BCUT2D eigenvalue weighted by Crippen LogP contribution is -2.25. The molecule has 220 valence electrons. The monoisotopic (exact) mass is 550 g/mol. The van der Waals surface area contributed by atoms with Crippen molar-refractivity contribution in [2.45, 2.75) is 122 Å². The van der Waals surface area contributed by atoms with E-state index in [1.165, 1.54) is 62.5 Å². The van der Waals surface area contributed by atoms with Crippen LogP contribution in [0, 0.1) is 29.4 Å². The van der Waals surface area contributed by atoms with Gasteiger partial charge in [0.05, 0.1) is 6.61 Å². The Morgan fingerprint density at radius 1 is 0.700 bits per heavy atom. The van der Waals surface area contributed by atoms with Crippen LogP contribution in [0.1, 0.15) is 126 Å². The largest absolute Gasteiger partial charge is 0.490 e. The second-order valence-corrected chi connectivity index (χ2v) is 12.5. The molecule has 0 heterocycles. The molecule has 4 rings (SSSR count). The maximum atomic E-state index is 14.9. The third-order valence-electron chi connectivity index (χ3n) is 9.63. The minimum Gasteiger partial charge on any atom is -0.490 e. The van der Waals surface area contributed by atoms with Crippen LogP contribution in [0.25, 0.3) is 0 Å². The number of rotatable bonds is 14. The van der Waals surface area contributed by atoms with E-state index in [0.29, 0.717) is 12.2 Å². The van der Waals surface area contributed by atoms with Gasteiger partial charge >= 0.3 is 0 Å². The van der Waals surface area contributed by atoms with Gasteiger partial charge in [-0.2, -0.15) is 4.39 Å². The summed E-state index contributed by atoms with van der Waals surface area (Å²) in [4.78, 5) is 0. The zero-order valence-corrected chi connectivity index (χ0v) is 25.1. The molecule has 3 heteroatoms. The number of hydrogen-bond donors (Lipinski definition) is 0. The average molecular weight is 551 g/mol. The minimum atomic E-state index is -0.808. The lowest BCUT2D eigenvalue weighted by atomic mass is 9.68. The smallest absolute Gasteiger partial charge is 0.200 e. The number of unbranched alkanes of at least 4 members (excludes halogenated alkanes) is 3. The van der Waals surface area contributed by atoms with Gasteiger partial charge in [-0.3, -0.25) is 0 Å². The number of aryl methyl sites for hydroxylation is 2. The Labute approximate surface area is 242 Å². The first kappa shape index (κ1) is 30.8. The van der Waals surface area contributed by atoms with Crippen molar-refractivity contribution in [3.63, 3.8) is 0 Å². The summed E-state index contributed by atoms with van der Waals surface area (Å²) in [6, 6.07) is 12.7. The molecular weight excluding hydrogens is 498 g/mol. The molecule has 2 saturated carbocycles. The first-order chi connectivity index (χ1) is 19.6. The van der Waals surface area contributed by atoms with Crippen LogP contribution in [0.2, 0.25) is 0 Å². The summed E-state index contributed by atoms with van der Waals surface area (Å²) < 4.78 is 34.9. The minimum absolute atomic E-state index is 0.0565. The Morgan fingerprint density at radius 2 is 1.32 bits per heavy atom. The highest BCUT2D eigenvalue weighted by atomic mass is 19.2. The van der Waals surface area contributed by atoms with Crippen molar-refractivity contribution in [1.29, 1.82) is 0 Å². The molecule has 0 unspecified atom stereocenters. The third kappa shape index (κ3) is 8.92. The van der Waals surface area contributed by atoms with Gasteiger partial charge in [-0.05, 0) is 130 Å². The topological polar surface area (TPSA) is 9.23 Å². The summed E-state index contributed by atoms with van der Waals surface area (Å²) in [7, 11) is 0. The molecule has 0 bridgehead atoms. The summed E-state index contributed by atoms with van der Waals surface area (Å²) in [6.07, 6.45) is 23.5. The SMILES string of the molecule is CCCCCc1ccc(CCC=CC2CCC(C3CCC(c4ccc(OCCCC)c(F)c4F)CC3)CC2)cc1. The molecule has 0 radical (unpaired) electrons. The van der Waals surface area contributed by atoms with E-state index < -0.39 is 11.6 Å². The molecule has 2 aliphatic carbocycles. The predicted molar refractivity (Wildman–Crippen MR) is 164 cm³/mol. The summed E-state index contributed by atoms with van der Waals surface area (Å²) in [5.74, 6) is 0.965.